The van der Waals surface area contributed by atoms with E-state index in [1.54, 1.807) is 0 Å². The lowest BCUT2D eigenvalue weighted by atomic mass is 9.78. The topological polar surface area (TPSA) is 89.8 Å². The Bertz CT molecular complexity index is 417. The Labute approximate surface area is 94.6 Å². The highest BCUT2D eigenvalue weighted by Crippen LogP contribution is 2.32. The zero-order valence-electron chi connectivity index (χ0n) is 9.24. The summed E-state index contributed by atoms with van der Waals surface area (Å²) in [6.07, 6.45) is 4.48. The van der Waals surface area contributed by atoms with Gasteiger partial charge >= 0.3 is 0 Å². The Morgan fingerprint density at radius 3 is 2.94 bits per heavy atom. The molecule has 1 saturated heterocycles. The smallest absolute Gasteiger partial charge is 0.222 e. The molecule has 0 amide bonds. The fraction of sp³-hybridized carbons (Fsp3) is 0.636. The Hall–Kier alpha value is -1.36. The van der Waals surface area contributed by atoms with Gasteiger partial charge in [-0.25, -0.2) is 4.98 Å². The quantitative estimate of drug-likeness (QED) is 0.576. The molecule has 3 rings (SSSR count). The van der Waals surface area contributed by atoms with E-state index in [0.717, 1.165) is 30.6 Å². The highest BCUT2D eigenvalue weighted by molar-refractivity contribution is 5.47. The molecule has 2 aliphatic rings. The van der Waals surface area contributed by atoms with E-state index in [2.05, 4.69) is 15.3 Å². The molecule has 0 spiro atoms. The van der Waals surface area contributed by atoms with Crippen LogP contribution in [0.3, 0.4) is 0 Å². The Morgan fingerprint density at radius 1 is 1.19 bits per heavy atom. The first-order valence-corrected chi connectivity index (χ1v) is 5.88. The minimum absolute atomic E-state index is 0.304. The van der Waals surface area contributed by atoms with Crippen molar-refractivity contribution in [1.82, 2.24) is 15.3 Å². The molecule has 86 valence electrons. The minimum atomic E-state index is 0.304. The average molecular weight is 219 g/mol. The maximum Gasteiger partial charge on any atom is 0.222 e. The lowest BCUT2D eigenvalue weighted by molar-refractivity contribution is 0.261. The van der Waals surface area contributed by atoms with Gasteiger partial charge in [0.1, 0.15) is 5.82 Å². The van der Waals surface area contributed by atoms with E-state index in [1.165, 1.54) is 12.8 Å². The maximum atomic E-state index is 5.91. The van der Waals surface area contributed by atoms with Crippen molar-refractivity contribution in [2.24, 2.45) is 5.92 Å². The number of nitrogens with one attached hydrogen (secondary N) is 1. The number of fused-ring (bicyclic) bond motifs is 2. The monoisotopic (exact) mass is 219 g/mol. The van der Waals surface area contributed by atoms with Crippen molar-refractivity contribution in [2.75, 3.05) is 18.0 Å². The van der Waals surface area contributed by atoms with Crippen molar-refractivity contribution in [2.45, 2.75) is 31.7 Å². The van der Waals surface area contributed by atoms with E-state index >= 15 is 0 Å². The van der Waals surface area contributed by atoms with Crippen LogP contribution >= 0.6 is 0 Å². The summed E-state index contributed by atoms with van der Waals surface area (Å²) >= 11 is 0. The van der Waals surface area contributed by atoms with Crippen LogP contribution in [0.15, 0.2) is 0 Å². The number of hydrogen-bond donors (Lipinski definition) is 3. The van der Waals surface area contributed by atoms with Gasteiger partial charge in [0.25, 0.3) is 0 Å². The minimum Gasteiger partial charge on any atom is -0.383 e. The molecule has 0 bridgehead atoms. The number of nitrogens with zero attached hydrogens (tertiary/aromatic N) is 2. The number of nitrogen functional groups attached to an aromatic ring is 2. The summed E-state index contributed by atoms with van der Waals surface area (Å²) in [5.41, 5.74) is 13.7. The molecule has 2 heterocycles. The molecule has 2 unspecified atom stereocenters. The summed E-state index contributed by atoms with van der Waals surface area (Å²) in [5, 5.41) is 3.56. The molecule has 1 aliphatic heterocycles. The first-order chi connectivity index (χ1) is 7.74. The second-order valence-corrected chi connectivity index (χ2v) is 4.76. The summed E-state index contributed by atoms with van der Waals surface area (Å²) in [6, 6.07) is 0.552. The molecule has 1 fully saturated rings. The van der Waals surface area contributed by atoms with E-state index in [4.69, 9.17) is 11.5 Å². The molecule has 0 saturated carbocycles. The number of aromatic nitrogens is 2. The molecular formula is C11H17N5. The fourth-order valence-electron chi connectivity index (χ4n) is 2.93. The number of anilines is 2. The normalized spacial score (nSPS) is 28.2. The van der Waals surface area contributed by atoms with Crippen molar-refractivity contribution in [3.05, 3.63) is 11.3 Å². The Kier molecular flexibility index (Phi) is 2.21. The molecular weight excluding hydrogens is 202 g/mol. The van der Waals surface area contributed by atoms with Gasteiger partial charge in [-0.1, -0.05) is 0 Å². The number of nitrogens with two attached hydrogens (primary N) is 2. The van der Waals surface area contributed by atoms with Crippen LogP contribution in [0.2, 0.25) is 0 Å². The van der Waals surface area contributed by atoms with Gasteiger partial charge in [-0.15, -0.1) is 0 Å². The van der Waals surface area contributed by atoms with Gasteiger partial charge in [0.2, 0.25) is 5.95 Å². The van der Waals surface area contributed by atoms with Gasteiger partial charge in [-0.05, 0) is 38.1 Å². The molecule has 5 heteroatoms. The average Bonchev–Trinajstić information content (AvgIpc) is 2.27. The highest BCUT2D eigenvalue weighted by atomic mass is 15.0. The van der Waals surface area contributed by atoms with E-state index < -0.39 is 0 Å². The first-order valence-electron chi connectivity index (χ1n) is 5.88. The highest BCUT2D eigenvalue weighted by Gasteiger charge is 2.32. The second-order valence-electron chi connectivity index (χ2n) is 4.76. The van der Waals surface area contributed by atoms with Crippen molar-refractivity contribution < 1.29 is 0 Å². The SMILES string of the molecule is Nc1nc(N)c2c(n1)CC1CCCNC1C2. The molecule has 0 radical (unpaired) electrons. The van der Waals surface area contributed by atoms with Gasteiger partial charge in [0.15, 0.2) is 0 Å². The second kappa shape index (κ2) is 3.59. The van der Waals surface area contributed by atoms with Crippen LogP contribution in [0, 0.1) is 5.92 Å². The van der Waals surface area contributed by atoms with E-state index in [9.17, 15) is 0 Å². The summed E-state index contributed by atoms with van der Waals surface area (Å²) in [7, 11) is 0. The Balaban J connectivity index is 1.98. The third kappa shape index (κ3) is 1.51. The van der Waals surface area contributed by atoms with E-state index in [0.29, 0.717) is 23.7 Å². The Morgan fingerprint density at radius 2 is 2.06 bits per heavy atom. The summed E-state index contributed by atoms with van der Waals surface area (Å²) in [6.45, 7) is 1.12. The van der Waals surface area contributed by atoms with Crippen LogP contribution in [0.25, 0.3) is 0 Å². The predicted octanol–water partition coefficient (Wildman–Crippen LogP) is 0.108. The molecule has 5 nitrogen and oxygen atoms in total. The fourth-order valence-corrected chi connectivity index (χ4v) is 2.93. The van der Waals surface area contributed by atoms with Gasteiger partial charge in [0.05, 0.1) is 5.69 Å². The standard InChI is InChI=1S/C11H17N5/c12-10-7-5-8-6(2-1-3-14-8)4-9(7)15-11(13)16-10/h6,8,14H,1-5H2,(H4,12,13,15,16). The van der Waals surface area contributed by atoms with Crippen molar-refractivity contribution >= 4 is 11.8 Å². The van der Waals surface area contributed by atoms with Crippen molar-refractivity contribution in [3.63, 3.8) is 0 Å². The molecule has 0 aromatic carbocycles. The van der Waals surface area contributed by atoms with Gasteiger partial charge < -0.3 is 16.8 Å². The van der Waals surface area contributed by atoms with Crippen LogP contribution < -0.4 is 16.8 Å². The number of rotatable bonds is 0. The lowest BCUT2D eigenvalue weighted by Gasteiger charge is -2.37. The third-order valence-electron chi connectivity index (χ3n) is 3.75. The first kappa shape index (κ1) is 9.84. The van der Waals surface area contributed by atoms with Gasteiger partial charge in [-0.2, -0.15) is 4.98 Å². The maximum absolute atomic E-state index is 5.91. The van der Waals surface area contributed by atoms with Crippen LogP contribution in [-0.4, -0.2) is 22.6 Å². The summed E-state index contributed by atoms with van der Waals surface area (Å²) < 4.78 is 0. The van der Waals surface area contributed by atoms with Crippen LogP contribution in [-0.2, 0) is 12.8 Å². The van der Waals surface area contributed by atoms with Gasteiger partial charge in [-0.3, -0.25) is 0 Å². The molecule has 1 aliphatic carbocycles. The van der Waals surface area contributed by atoms with Crippen LogP contribution in [0.5, 0.6) is 0 Å². The third-order valence-corrected chi connectivity index (χ3v) is 3.75. The zero-order chi connectivity index (χ0) is 11.1. The number of hydrogen-bond acceptors (Lipinski definition) is 5. The zero-order valence-corrected chi connectivity index (χ0v) is 9.24. The van der Waals surface area contributed by atoms with Gasteiger partial charge in [0, 0.05) is 11.6 Å². The number of piperidine rings is 1. The van der Waals surface area contributed by atoms with Crippen LogP contribution in [0.1, 0.15) is 24.1 Å². The van der Waals surface area contributed by atoms with E-state index in [-0.39, 0.29) is 0 Å². The summed E-state index contributed by atoms with van der Waals surface area (Å²) in [5.74, 6) is 1.56. The molecule has 1 aromatic rings. The van der Waals surface area contributed by atoms with Crippen molar-refractivity contribution in [3.8, 4) is 0 Å². The largest absolute Gasteiger partial charge is 0.383 e. The lowest BCUT2D eigenvalue weighted by Crippen LogP contribution is -2.46. The predicted molar refractivity (Wildman–Crippen MR) is 62.8 cm³/mol. The van der Waals surface area contributed by atoms with Crippen molar-refractivity contribution in [1.29, 1.82) is 0 Å². The summed E-state index contributed by atoms with van der Waals surface area (Å²) in [4.78, 5) is 8.37. The molecule has 2 atom stereocenters. The molecule has 16 heavy (non-hydrogen) atoms. The van der Waals surface area contributed by atoms with E-state index in [1.807, 2.05) is 0 Å². The molecule has 1 aromatic heterocycles. The van der Waals surface area contributed by atoms with Crippen LogP contribution in [0.4, 0.5) is 11.8 Å². The molecule has 5 N–H and O–H groups in total.